The second-order valence-corrected chi connectivity index (χ2v) is 9.22. The molecule has 0 aliphatic heterocycles. The zero-order valence-electron chi connectivity index (χ0n) is 13.9. The van der Waals surface area contributed by atoms with Gasteiger partial charge >= 0.3 is 0 Å². The van der Waals surface area contributed by atoms with Crippen molar-refractivity contribution in [1.29, 1.82) is 0 Å². The van der Waals surface area contributed by atoms with Crippen LogP contribution in [-0.2, 0) is 20.6 Å². The Labute approximate surface area is 162 Å². The number of benzene rings is 2. The van der Waals surface area contributed by atoms with E-state index in [1.54, 1.807) is 12.1 Å². The van der Waals surface area contributed by atoms with Gasteiger partial charge in [-0.3, -0.25) is 4.79 Å². The summed E-state index contributed by atoms with van der Waals surface area (Å²) in [5.74, 6) is 0.899. The highest BCUT2D eigenvalue weighted by Gasteiger charge is 2.27. The Balaban J connectivity index is 1.47. The molecule has 0 heterocycles. The van der Waals surface area contributed by atoms with E-state index < -0.39 is 10.0 Å². The maximum atomic E-state index is 12.1. The fourth-order valence-corrected chi connectivity index (χ4v) is 4.46. The van der Waals surface area contributed by atoms with Crippen LogP contribution in [0.3, 0.4) is 0 Å². The van der Waals surface area contributed by atoms with Crippen LogP contribution in [0.15, 0.2) is 53.4 Å². The number of rotatable bonds is 8. The van der Waals surface area contributed by atoms with Gasteiger partial charge in [-0.2, -0.15) is 0 Å². The van der Waals surface area contributed by atoms with Crippen LogP contribution in [0.1, 0.15) is 18.4 Å². The van der Waals surface area contributed by atoms with Crippen molar-refractivity contribution in [2.24, 2.45) is 0 Å². The quantitative estimate of drug-likeness (QED) is 0.696. The largest absolute Gasteiger partial charge is 0.325 e. The van der Waals surface area contributed by atoms with Crippen LogP contribution in [0, 0.1) is 0 Å². The highest BCUT2D eigenvalue weighted by atomic mass is 35.5. The van der Waals surface area contributed by atoms with Crippen molar-refractivity contribution in [2.45, 2.75) is 29.5 Å². The fourth-order valence-electron chi connectivity index (χ4n) is 2.25. The molecule has 0 radical (unpaired) electrons. The van der Waals surface area contributed by atoms with Gasteiger partial charge in [-0.1, -0.05) is 23.7 Å². The molecule has 1 aliphatic rings. The number of carbonyl (C=O) groups is 1. The number of amides is 1. The van der Waals surface area contributed by atoms with Gasteiger partial charge in [-0.25, -0.2) is 13.1 Å². The Morgan fingerprint density at radius 2 is 1.73 bits per heavy atom. The van der Waals surface area contributed by atoms with E-state index in [4.69, 9.17) is 11.6 Å². The van der Waals surface area contributed by atoms with Crippen molar-refractivity contribution in [3.05, 3.63) is 59.1 Å². The second kappa shape index (κ2) is 8.43. The molecule has 3 rings (SSSR count). The molecule has 26 heavy (non-hydrogen) atoms. The first-order chi connectivity index (χ1) is 12.4. The van der Waals surface area contributed by atoms with Crippen molar-refractivity contribution < 1.29 is 13.2 Å². The summed E-state index contributed by atoms with van der Waals surface area (Å²) in [5, 5.41) is 3.46. The van der Waals surface area contributed by atoms with E-state index in [1.165, 1.54) is 23.9 Å². The summed E-state index contributed by atoms with van der Waals surface area (Å²) in [6, 6.07) is 13.8. The van der Waals surface area contributed by atoms with Gasteiger partial charge in [0.05, 0.1) is 10.6 Å². The SMILES string of the molecule is O=C(CSCc1ccc(Cl)cc1)Nc1ccc(S(=O)(=O)NC2CC2)cc1. The van der Waals surface area contributed by atoms with Crippen molar-refractivity contribution >= 4 is 45.0 Å². The third-order valence-electron chi connectivity index (χ3n) is 3.76. The number of sulfonamides is 1. The fraction of sp³-hybridized carbons (Fsp3) is 0.278. The van der Waals surface area contributed by atoms with Gasteiger partial charge in [0, 0.05) is 22.5 Å². The number of halogens is 1. The molecular formula is C18H19ClN2O3S2. The van der Waals surface area contributed by atoms with Crippen LogP contribution in [0.5, 0.6) is 0 Å². The van der Waals surface area contributed by atoms with Gasteiger partial charge in [0.15, 0.2) is 0 Å². The number of carbonyl (C=O) groups excluding carboxylic acids is 1. The van der Waals surface area contributed by atoms with Crippen LogP contribution < -0.4 is 10.0 Å². The monoisotopic (exact) mass is 410 g/mol. The summed E-state index contributed by atoms with van der Waals surface area (Å²) < 4.78 is 26.8. The van der Waals surface area contributed by atoms with E-state index in [0.29, 0.717) is 22.2 Å². The Bertz CT molecular complexity index is 864. The molecule has 0 aromatic heterocycles. The van der Waals surface area contributed by atoms with Gasteiger partial charge < -0.3 is 5.32 Å². The Kier molecular flexibility index (Phi) is 6.24. The van der Waals surface area contributed by atoms with Crippen LogP contribution >= 0.6 is 23.4 Å². The Hall–Kier alpha value is -1.54. The van der Waals surface area contributed by atoms with E-state index in [9.17, 15) is 13.2 Å². The molecule has 2 N–H and O–H groups in total. The average molecular weight is 411 g/mol. The molecule has 2 aromatic rings. The van der Waals surface area contributed by atoms with Gasteiger partial charge in [0.25, 0.3) is 0 Å². The topological polar surface area (TPSA) is 75.3 Å². The molecule has 0 atom stereocenters. The van der Waals surface area contributed by atoms with Crippen LogP contribution in [0.2, 0.25) is 5.02 Å². The molecule has 1 saturated carbocycles. The number of hydrogen-bond acceptors (Lipinski definition) is 4. The predicted octanol–water partition coefficient (Wildman–Crippen LogP) is 3.65. The summed E-state index contributed by atoms with van der Waals surface area (Å²) in [5.41, 5.74) is 1.68. The van der Waals surface area contributed by atoms with Gasteiger partial charge in [-0.05, 0) is 54.8 Å². The Morgan fingerprint density at radius 3 is 2.35 bits per heavy atom. The van der Waals surface area contributed by atoms with Crippen LogP contribution in [0.4, 0.5) is 5.69 Å². The molecular weight excluding hydrogens is 392 g/mol. The number of nitrogens with one attached hydrogen (secondary N) is 2. The minimum Gasteiger partial charge on any atom is -0.325 e. The summed E-state index contributed by atoms with van der Waals surface area (Å²) >= 11 is 7.34. The molecule has 1 aliphatic carbocycles. The number of hydrogen-bond donors (Lipinski definition) is 2. The van der Waals surface area contributed by atoms with Gasteiger partial charge in [0.2, 0.25) is 15.9 Å². The average Bonchev–Trinajstić information content (AvgIpc) is 3.40. The van der Waals surface area contributed by atoms with E-state index in [0.717, 1.165) is 18.4 Å². The zero-order valence-corrected chi connectivity index (χ0v) is 16.3. The van der Waals surface area contributed by atoms with Gasteiger partial charge in [-0.15, -0.1) is 11.8 Å². The lowest BCUT2D eigenvalue weighted by molar-refractivity contribution is -0.113. The first-order valence-corrected chi connectivity index (χ1v) is 11.2. The first kappa shape index (κ1) is 19.2. The molecule has 0 saturated heterocycles. The lowest BCUT2D eigenvalue weighted by atomic mass is 10.2. The summed E-state index contributed by atoms with van der Waals surface area (Å²) in [4.78, 5) is 12.2. The van der Waals surface area contributed by atoms with Crippen molar-refractivity contribution in [3.63, 3.8) is 0 Å². The molecule has 8 heteroatoms. The minimum absolute atomic E-state index is 0.0667. The molecule has 5 nitrogen and oxygen atoms in total. The molecule has 0 bridgehead atoms. The highest BCUT2D eigenvalue weighted by Crippen LogP contribution is 2.23. The second-order valence-electron chi connectivity index (χ2n) is 6.09. The first-order valence-electron chi connectivity index (χ1n) is 8.17. The highest BCUT2D eigenvalue weighted by molar-refractivity contribution is 7.99. The third-order valence-corrected chi connectivity index (χ3v) is 6.55. The molecule has 1 amide bonds. The summed E-state index contributed by atoms with van der Waals surface area (Å²) in [6.45, 7) is 0. The summed E-state index contributed by atoms with van der Waals surface area (Å²) in [7, 11) is -3.47. The molecule has 0 spiro atoms. The van der Waals surface area contributed by atoms with E-state index in [1.807, 2.05) is 24.3 Å². The standard InChI is InChI=1S/C18H19ClN2O3S2/c19-14-3-1-13(2-4-14)11-25-12-18(22)20-15-7-9-17(10-8-15)26(23,24)21-16-5-6-16/h1-4,7-10,16,21H,5-6,11-12H2,(H,20,22). The minimum atomic E-state index is -3.47. The number of thioether (sulfide) groups is 1. The third kappa shape index (κ3) is 5.74. The normalized spacial score (nSPS) is 14.2. The smallest absolute Gasteiger partial charge is 0.240 e. The maximum Gasteiger partial charge on any atom is 0.240 e. The van der Waals surface area contributed by atoms with Gasteiger partial charge in [0.1, 0.15) is 0 Å². The predicted molar refractivity (Wildman–Crippen MR) is 106 cm³/mol. The van der Waals surface area contributed by atoms with Crippen molar-refractivity contribution in [2.75, 3.05) is 11.1 Å². The Morgan fingerprint density at radius 1 is 1.08 bits per heavy atom. The molecule has 138 valence electrons. The van der Waals surface area contributed by atoms with Crippen molar-refractivity contribution in [3.8, 4) is 0 Å². The maximum absolute atomic E-state index is 12.1. The lowest BCUT2D eigenvalue weighted by Gasteiger charge is -2.08. The summed E-state index contributed by atoms with van der Waals surface area (Å²) in [6.07, 6.45) is 1.78. The lowest BCUT2D eigenvalue weighted by Crippen LogP contribution is -2.25. The van der Waals surface area contributed by atoms with E-state index in [2.05, 4.69) is 10.0 Å². The van der Waals surface area contributed by atoms with E-state index in [-0.39, 0.29) is 16.8 Å². The van der Waals surface area contributed by atoms with Crippen LogP contribution in [0.25, 0.3) is 0 Å². The molecule has 2 aromatic carbocycles. The zero-order chi connectivity index (χ0) is 18.6. The number of anilines is 1. The molecule has 0 unspecified atom stereocenters. The van der Waals surface area contributed by atoms with E-state index >= 15 is 0 Å². The van der Waals surface area contributed by atoms with Crippen molar-refractivity contribution in [1.82, 2.24) is 4.72 Å². The van der Waals surface area contributed by atoms with Crippen LogP contribution in [-0.4, -0.2) is 26.1 Å². The molecule has 1 fully saturated rings.